The van der Waals surface area contributed by atoms with E-state index in [1.54, 1.807) is 31.2 Å². The number of hydrogen-bond donors (Lipinski definition) is 2. The minimum absolute atomic E-state index is 0.0762. The number of carbonyl (C=O) groups excluding carboxylic acids is 1. The van der Waals surface area contributed by atoms with Gasteiger partial charge in [-0.05, 0) is 43.7 Å². The molecule has 2 aromatic carbocycles. The Morgan fingerprint density at radius 3 is 2.30 bits per heavy atom. The number of hydrogen-bond acceptors (Lipinski definition) is 4. The Hall–Kier alpha value is -2.34. The standard InChI is InChI=1S/C17H19NO4S/c1-11-4-9-16(19)15(10-11)17(20)18-12(2)13-5-7-14(8-6-13)23(3,21)22/h4-10,12,19H,1-3H3,(H,18,20)/t12-/m0/s1. The molecule has 0 unspecified atom stereocenters. The highest BCUT2D eigenvalue weighted by Gasteiger charge is 2.15. The van der Waals surface area contributed by atoms with E-state index in [9.17, 15) is 18.3 Å². The van der Waals surface area contributed by atoms with Crippen LogP contribution in [0.2, 0.25) is 0 Å². The van der Waals surface area contributed by atoms with Crippen LogP contribution in [0.4, 0.5) is 0 Å². The average molecular weight is 333 g/mol. The molecule has 23 heavy (non-hydrogen) atoms. The molecule has 0 saturated heterocycles. The zero-order valence-electron chi connectivity index (χ0n) is 13.2. The van der Waals surface area contributed by atoms with Crippen LogP contribution in [0.5, 0.6) is 5.75 Å². The van der Waals surface area contributed by atoms with E-state index >= 15 is 0 Å². The van der Waals surface area contributed by atoms with E-state index in [1.807, 2.05) is 6.92 Å². The lowest BCUT2D eigenvalue weighted by atomic mass is 10.1. The predicted octanol–water partition coefficient (Wildman–Crippen LogP) is 2.60. The summed E-state index contributed by atoms with van der Waals surface area (Å²) in [6.07, 6.45) is 1.15. The Morgan fingerprint density at radius 1 is 1.13 bits per heavy atom. The lowest BCUT2D eigenvalue weighted by Gasteiger charge is -2.15. The van der Waals surface area contributed by atoms with Gasteiger partial charge in [0.1, 0.15) is 5.75 Å². The molecular formula is C17H19NO4S. The summed E-state index contributed by atoms with van der Waals surface area (Å²) in [5.41, 5.74) is 1.86. The third-order valence-electron chi connectivity index (χ3n) is 3.55. The molecule has 5 nitrogen and oxygen atoms in total. The molecule has 0 spiro atoms. The van der Waals surface area contributed by atoms with Crippen LogP contribution in [0, 0.1) is 6.92 Å². The van der Waals surface area contributed by atoms with Gasteiger partial charge in [0.05, 0.1) is 16.5 Å². The van der Waals surface area contributed by atoms with Gasteiger partial charge in [-0.3, -0.25) is 4.79 Å². The summed E-state index contributed by atoms with van der Waals surface area (Å²) in [5, 5.41) is 12.6. The topological polar surface area (TPSA) is 83.5 Å². The van der Waals surface area contributed by atoms with Gasteiger partial charge in [0, 0.05) is 6.26 Å². The smallest absolute Gasteiger partial charge is 0.255 e. The molecule has 0 bridgehead atoms. The minimum atomic E-state index is -3.24. The Bertz CT molecular complexity index is 826. The molecule has 0 fully saturated rings. The molecule has 1 amide bonds. The van der Waals surface area contributed by atoms with Gasteiger partial charge in [-0.2, -0.15) is 0 Å². The van der Waals surface area contributed by atoms with Gasteiger partial charge < -0.3 is 10.4 Å². The summed E-state index contributed by atoms with van der Waals surface area (Å²) in [7, 11) is -3.24. The lowest BCUT2D eigenvalue weighted by molar-refractivity contribution is 0.0937. The van der Waals surface area contributed by atoms with Crippen molar-refractivity contribution < 1.29 is 18.3 Å². The predicted molar refractivity (Wildman–Crippen MR) is 88.3 cm³/mol. The van der Waals surface area contributed by atoms with Crippen molar-refractivity contribution in [2.24, 2.45) is 0 Å². The van der Waals surface area contributed by atoms with E-state index in [4.69, 9.17) is 0 Å². The van der Waals surface area contributed by atoms with Crippen LogP contribution in [-0.4, -0.2) is 25.7 Å². The van der Waals surface area contributed by atoms with Crippen LogP contribution in [0.25, 0.3) is 0 Å². The van der Waals surface area contributed by atoms with E-state index in [0.29, 0.717) is 0 Å². The zero-order chi connectivity index (χ0) is 17.2. The average Bonchev–Trinajstić information content (AvgIpc) is 2.48. The van der Waals surface area contributed by atoms with Crippen molar-refractivity contribution >= 4 is 15.7 Å². The molecule has 0 radical (unpaired) electrons. The highest BCUT2D eigenvalue weighted by Crippen LogP contribution is 2.21. The number of carbonyl (C=O) groups is 1. The summed E-state index contributed by atoms with van der Waals surface area (Å²) in [6, 6.07) is 10.8. The first-order valence-corrected chi connectivity index (χ1v) is 8.98. The van der Waals surface area contributed by atoms with Crippen molar-refractivity contribution in [2.45, 2.75) is 24.8 Å². The second kappa shape index (κ2) is 6.42. The van der Waals surface area contributed by atoms with Gasteiger partial charge in [-0.25, -0.2) is 8.42 Å². The van der Waals surface area contributed by atoms with Crippen molar-refractivity contribution in [1.29, 1.82) is 0 Å². The quantitative estimate of drug-likeness (QED) is 0.901. The Kier molecular flexibility index (Phi) is 4.75. The highest BCUT2D eigenvalue weighted by atomic mass is 32.2. The molecule has 0 aliphatic carbocycles. The molecule has 2 rings (SSSR count). The maximum absolute atomic E-state index is 12.3. The second-order valence-corrected chi connectivity index (χ2v) is 7.57. The molecule has 0 aliphatic rings. The molecule has 2 aromatic rings. The number of amides is 1. The van der Waals surface area contributed by atoms with E-state index < -0.39 is 9.84 Å². The fourth-order valence-electron chi connectivity index (χ4n) is 2.19. The molecule has 122 valence electrons. The van der Waals surface area contributed by atoms with Crippen LogP contribution in [0.15, 0.2) is 47.4 Å². The maximum atomic E-state index is 12.3. The van der Waals surface area contributed by atoms with Crippen LogP contribution >= 0.6 is 0 Å². The number of benzene rings is 2. The minimum Gasteiger partial charge on any atom is -0.507 e. The fourth-order valence-corrected chi connectivity index (χ4v) is 2.82. The number of phenols is 1. The van der Waals surface area contributed by atoms with Crippen LogP contribution in [-0.2, 0) is 9.84 Å². The molecule has 0 aromatic heterocycles. The summed E-state index contributed by atoms with van der Waals surface area (Å²) in [6.45, 7) is 3.63. The van der Waals surface area contributed by atoms with Gasteiger partial charge in [-0.15, -0.1) is 0 Å². The Labute approximate surface area is 135 Å². The number of phenolic OH excluding ortho intramolecular Hbond substituents is 1. The third kappa shape index (κ3) is 4.10. The molecule has 6 heteroatoms. The maximum Gasteiger partial charge on any atom is 0.255 e. The third-order valence-corrected chi connectivity index (χ3v) is 4.68. The van der Waals surface area contributed by atoms with Crippen molar-refractivity contribution in [2.75, 3.05) is 6.26 Å². The van der Waals surface area contributed by atoms with Crippen molar-refractivity contribution in [3.63, 3.8) is 0 Å². The van der Waals surface area contributed by atoms with E-state index in [-0.39, 0.29) is 28.2 Å². The second-order valence-electron chi connectivity index (χ2n) is 5.56. The van der Waals surface area contributed by atoms with E-state index in [1.165, 1.54) is 18.2 Å². The number of rotatable bonds is 4. The number of aromatic hydroxyl groups is 1. The lowest BCUT2D eigenvalue weighted by Crippen LogP contribution is -2.26. The number of aryl methyl sites for hydroxylation is 1. The first-order chi connectivity index (χ1) is 10.7. The van der Waals surface area contributed by atoms with Gasteiger partial charge in [-0.1, -0.05) is 23.8 Å². The Morgan fingerprint density at radius 2 is 1.74 bits per heavy atom. The zero-order valence-corrected chi connectivity index (χ0v) is 14.0. The number of sulfone groups is 1. The molecule has 0 aliphatic heterocycles. The fraction of sp³-hybridized carbons (Fsp3) is 0.235. The van der Waals surface area contributed by atoms with Crippen LogP contribution in [0.1, 0.15) is 34.5 Å². The molecule has 2 N–H and O–H groups in total. The van der Waals surface area contributed by atoms with Crippen LogP contribution in [0.3, 0.4) is 0 Å². The van der Waals surface area contributed by atoms with Gasteiger partial charge in [0.25, 0.3) is 5.91 Å². The van der Waals surface area contributed by atoms with Crippen LogP contribution < -0.4 is 5.32 Å². The van der Waals surface area contributed by atoms with E-state index in [0.717, 1.165) is 17.4 Å². The summed E-state index contributed by atoms with van der Waals surface area (Å²) >= 11 is 0. The molecular weight excluding hydrogens is 314 g/mol. The monoisotopic (exact) mass is 333 g/mol. The number of nitrogens with one attached hydrogen (secondary N) is 1. The summed E-state index contributed by atoms with van der Waals surface area (Å²) in [5.74, 6) is -0.460. The summed E-state index contributed by atoms with van der Waals surface area (Å²) in [4.78, 5) is 12.5. The van der Waals surface area contributed by atoms with Crippen molar-refractivity contribution in [1.82, 2.24) is 5.32 Å². The van der Waals surface area contributed by atoms with Gasteiger partial charge in [0.2, 0.25) is 0 Å². The SMILES string of the molecule is Cc1ccc(O)c(C(=O)N[C@@H](C)c2ccc(S(C)(=O)=O)cc2)c1. The largest absolute Gasteiger partial charge is 0.507 e. The highest BCUT2D eigenvalue weighted by molar-refractivity contribution is 7.90. The van der Waals surface area contributed by atoms with E-state index in [2.05, 4.69) is 5.32 Å². The van der Waals surface area contributed by atoms with Crippen molar-refractivity contribution in [3.05, 3.63) is 59.2 Å². The van der Waals surface area contributed by atoms with Crippen molar-refractivity contribution in [3.8, 4) is 5.75 Å². The van der Waals surface area contributed by atoms with Gasteiger partial charge >= 0.3 is 0 Å². The first kappa shape index (κ1) is 17.0. The molecule has 0 saturated carbocycles. The summed E-state index contributed by atoms with van der Waals surface area (Å²) < 4.78 is 22.9. The first-order valence-electron chi connectivity index (χ1n) is 7.09. The molecule has 1 atom stereocenters. The normalized spacial score (nSPS) is 12.7. The Balaban J connectivity index is 2.17. The van der Waals surface area contributed by atoms with Gasteiger partial charge in [0.15, 0.2) is 9.84 Å². The molecule has 0 heterocycles.